The molecule has 0 atom stereocenters. The highest BCUT2D eigenvalue weighted by atomic mass is 32.2. The van der Waals surface area contributed by atoms with Crippen molar-refractivity contribution in [2.24, 2.45) is 0 Å². The van der Waals surface area contributed by atoms with Gasteiger partial charge in [0.25, 0.3) is 0 Å². The van der Waals surface area contributed by atoms with Gasteiger partial charge in [0.15, 0.2) is 15.6 Å². The van der Waals surface area contributed by atoms with Crippen molar-refractivity contribution in [2.45, 2.75) is 70.4 Å². The molecule has 0 spiro atoms. The van der Waals surface area contributed by atoms with E-state index in [4.69, 9.17) is 0 Å². The van der Waals surface area contributed by atoms with E-state index in [9.17, 15) is 18.0 Å². The summed E-state index contributed by atoms with van der Waals surface area (Å²) in [5, 5.41) is 1.06. The molecule has 1 saturated heterocycles. The molecule has 2 heterocycles. The predicted molar refractivity (Wildman–Crippen MR) is 165 cm³/mol. The van der Waals surface area contributed by atoms with E-state index in [1.165, 1.54) is 24.8 Å². The van der Waals surface area contributed by atoms with Gasteiger partial charge >= 0.3 is 0 Å². The van der Waals surface area contributed by atoms with Crippen molar-refractivity contribution in [3.05, 3.63) is 59.7 Å². The van der Waals surface area contributed by atoms with E-state index in [1.54, 1.807) is 13.0 Å². The number of Topliss-reactive ketones (excluding diaryl/α,β-unsaturated/α-hetero) is 1. The van der Waals surface area contributed by atoms with Crippen molar-refractivity contribution in [2.75, 3.05) is 38.7 Å². The summed E-state index contributed by atoms with van der Waals surface area (Å²) >= 11 is 0. The number of nitrogens with zero attached hydrogens (tertiary/aromatic N) is 3. The first-order valence-corrected chi connectivity index (χ1v) is 16.9. The van der Waals surface area contributed by atoms with Crippen molar-refractivity contribution in [3.8, 4) is 11.3 Å². The van der Waals surface area contributed by atoms with Crippen LogP contribution in [0.5, 0.6) is 0 Å². The van der Waals surface area contributed by atoms with E-state index in [2.05, 4.69) is 35.7 Å². The van der Waals surface area contributed by atoms with Crippen LogP contribution in [0.2, 0.25) is 0 Å². The maximum absolute atomic E-state index is 13.8. The van der Waals surface area contributed by atoms with Gasteiger partial charge in [0, 0.05) is 41.4 Å². The van der Waals surface area contributed by atoms with Gasteiger partial charge in [0.2, 0.25) is 5.91 Å². The van der Waals surface area contributed by atoms with Crippen LogP contribution in [0, 0.1) is 0 Å². The van der Waals surface area contributed by atoms with Crippen LogP contribution in [0.3, 0.4) is 0 Å². The third kappa shape index (κ3) is 6.44. The molecule has 0 bridgehead atoms. The van der Waals surface area contributed by atoms with Crippen LogP contribution >= 0.6 is 0 Å². The van der Waals surface area contributed by atoms with E-state index < -0.39 is 21.4 Å². The van der Waals surface area contributed by atoms with Gasteiger partial charge in [-0.15, -0.1) is 0 Å². The lowest BCUT2D eigenvalue weighted by Crippen LogP contribution is -2.45. The van der Waals surface area contributed by atoms with Crippen molar-refractivity contribution in [3.63, 3.8) is 0 Å². The highest BCUT2D eigenvalue weighted by Crippen LogP contribution is 2.44. The Kier molecular flexibility index (Phi) is 9.00. The molecule has 2 aromatic carbocycles. The Balaban J connectivity index is 1.62. The summed E-state index contributed by atoms with van der Waals surface area (Å²) in [6.07, 6.45) is 7.69. The molecule has 1 aromatic heterocycles. The third-order valence-corrected chi connectivity index (χ3v) is 10.7. The molecular weight excluding hydrogens is 534 g/mol. The fourth-order valence-electron chi connectivity index (χ4n) is 6.68. The average molecular weight is 578 g/mol. The molecule has 1 aliphatic heterocycles. The highest BCUT2D eigenvalue weighted by Gasteiger charge is 2.30. The number of rotatable bonds is 9. The van der Waals surface area contributed by atoms with Crippen LogP contribution in [0.15, 0.2) is 48.5 Å². The maximum atomic E-state index is 13.8. The number of hydrogen-bond donors (Lipinski definition) is 0. The summed E-state index contributed by atoms with van der Waals surface area (Å²) in [6.45, 7) is 3.21. The van der Waals surface area contributed by atoms with Gasteiger partial charge in [-0.3, -0.25) is 9.59 Å². The summed E-state index contributed by atoms with van der Waals surface area (Å²) in [5.74, 6) is -0.525. The molecule has 8 heteroatoms. The summed E-state index contributed by atoms with van der Waals surface area (Å²) in [4.78, 5) is 31.2. The Bertz CT molecular complexity index is 1500. The van der Waals surface area contributed by atoms with Gasteiger partial charge in [-0.25, -0.2) is 8.42 Å². The minimum Gasteiger partial charge on any atom is -0.341 e. The first-order valence-electron chi connectivity index (χ1n) is 15.1. The smallest absolute Gasteiger partial charge is 0.242 e. The van der Waals surface area contributed by atoms with Crippen molar-refractivity contribution in [1.29, 1.82) is 0 Å². The molecule has 0 unspecified atom stereocenters. The van der Waals surface area contributed by atoms with Crippen LogP contribution in [0.25, 0.3) is 22.2 Å². The lowest BCUT2D eigenvalue weighted by atomic mass is 9.81. The first-order chi connectivity index (χ1) is 19.7. The summed E-state index contributed by atoms with van der Waals surface area (Å²) < 4.78 is 26.7. The number of hydrogen-bond acceptors (Lipinski definition) is 5. The number of aromatic nitrogens is 1. The zero-order valence-electron chi connectivity index (χ0n) is 24.6. The first kappa shape index (κ1) is 29.5. The van der Waals surface area contributed by atoms with E-state index >= 15 is 0 Å². The molecule has 7 nitrogen and oxygen atoms in total. The van der Waals surface area contributed by atoms with Crippen LogP contribution in [0.4, 0.5) is 0 Å². The van der Waals surface area contributed by atoms with Crippen molar-refractivity contribution >= 4 is 32.4 Å². The fraction of sp³-hybridized carbons (Fsp3) is 0.515. The van der Waals surface area contributed by atoms with E-state index in [0.717, 1.165) is 60.9 Å². The predicted octanol–water partition coefficient (Wildman–Crippen LogP) is 5.53. The fourth-order valence-corrected chi connectivity index (χ4v) is 7.45. The maximum Gasteiger partial charge on any atom is 0.242 e. The minimum absolute atomic E-state index is 0.0691. The summed E-state index contributed by atoms with van der Waals surface area (Å²) in [5.41, 5.74) is 4.58. The van der Waals surface area contributed by atoms with E-state index in [-0.39, 0.29) is 18.2 Å². The molecular formula is C33H43N3O4S. The lowest BCUT2D eigenvalue weighted by Gasteiger charge is -2.35. The van der Waals surface area contributed by atoms with Gasteiger partial charge in [0.1, 0.15) is 12.3 Å². The van der Waals surface area contributed by atoms with Gasteiger partial charge in [-0.2, -0.15) is 0 Å². The molecule has 1 aliphatic carbocycles. The molecule has 0 radical (unpaired) electrons. The molecule has 5 rings (SSSR count). The Morgan fingerprint density at radius 2 is 1.61 bits per heavy atom. The van der Waals surface area contributed by atoms with Crippen LogP contribution < -0.4 is 0 Å². The molecule has 41 heavy (non-hydrogen) atoms. The van der Waals surface area contributed by atoms with E-state index in [1.807, 2.05) is 35.2 Å². The molecule has 1 amide bonds. The number of likely N-dealkylation sites (tertiary alicyclic amines) is 1. The Labute approximate surface area is 244 Å². The van der Waals surface area contributed by atoms with Crippen molar-refractivity contribution < 1.29 is 18.0 Å². The zero-order chi connectivity index (χ0) is 29.1. The monoisotopic (exact) mass is 577 g/mol. The summed E-state index contributed by atoms with van der Waals surface area (Å²) in [6, 6.07) is 16.3. The quantitative estimate of drug-likeness (QED) is 0.313. The molecule has 1 saturated carbocycles. The Morgan fingerprint density at radius 1 is 0.927 bits per heavy atom. The standard InChI is InChI=1S/C33H43N3O4S/c1-4-41(39,40)23-30(37)26-15-16-28-29(21-26)36(22-31(38)35-19-17-27(18-20-35)34(2)3)33(25-13-9-6-10-14-25)32(28)24-11-7-5-8-12-24/h6,9-10,13-16,21,24,27H,4-5,7-8,11-12,17-20,22-23H2,1-3H3. The Hall–Kier alpha value is -2.97. The van der Waals surface area contributed by atoms with Crippen LogP contribution in [-0.2, 0) is 21.2 Å². The number of amides is 1. The van der Waals surface area contributed by atoms with Gasteiger partial charge < -0.3 is 14.4 Å². The molecule has 0 N–H and O–H groups in total. The largest absolute Gasteiger partial charge is 0.341 e. The van der Waals surface area contributed by atoms with Gasteiger partial charge in [-0.1, -0.05) is 68.7 Å². The zero-order valence-corrected chi connectivity index (χ0v) is 25.5. The minimum atomic E-state index is -3.46. The second-order valence-corrected chi connectivity index (χ2v) is 14.3. The van der Waals surface area contributed by atoms with Crippen molar-refractivity contribution in [1.82, 2.24) is 14.4 Å². The van der Waals surface area contributed by atoms with E-state index in [0.29, 0.717) is 17.5 Å². The second kappa shape index (κ2) is 12.5. The highest BCUT2D eigenvalue weighted by molar-refractivity contribution is 7.92. The third-order valence-electron chi connectivity index (χ3n) is 9.12. The Morgan fingerprint density at radius 3 is 2.24 bits per heavy atom. The topological polar surface area (TPSA) is 79.7 Å². The molecule has 2 fully saturated rings. The number of fused-ring (bicyclic) bond motifs is 1. The van der Waals surface area contributed by atoms with Gasteiger partial charge in [0.05, 0.1) is 5.69 Å². The molecule has 3 aromatic rings. The number of ketones is 1. The van der Waals surface area contributed by atoms with Crippen LogP contribution in [0.1, 0.15) is 73.7 Å². The molecule has 220 valence electrons. The normalized spacial score (nSPS) is 17.4. The number of sulfone groups is 1. The number of carbonyl (C=O) groups excluding carboxylic acids is 2. The second-order valence-electron chi connectivity index (χ2n) is 12.0. The SMILES string of the molecule is CCS(=O)(=O)CC(=O)c1ccc2c(C3CCCCC3)c(-c3ccccc3)n(CC(=O)N3CCC(N(C)C)CC3)c2c1. The lowest BCUT2D eigenvalue weighted by molar-refractivity contribution is -0.133. The number of benzene rings is 2. The number of piperidine rings is 1. The number of carbonyl (C=O) groups is 2. The van der Waals surface area contributed by atoms with Crippen LogP contribution in [-0.4, -0.2) is 79.2 Å². The summed E-state index contributed by atoms with van der Waals surface area (Å²) in [7, 11) is 0.732. The van der Waals surface area contributed by atoms with Gasteiger partial charge in [-0.05, 0) is 62.9 Å². The molecule has 2 aliphatic rings. The average Bonchev–Trinajstić information content (AvgIpc) is 3.31.